The van der Waals surface area contributed by atoms with Gasteiger partial charge in [0.25, 0.3) is 0 Å². The van der Waals surface area contributed by atoms with Crippen molar-refractivity contribution in [3.8, 4) is 0 Å². The molecule has 1 rings (SSSR count). The highest BCUT2D eigenvalue weighted by Gasteiger charge is 2.28. The zero-order chi connectivity index (χ0) is 12.8. The van der Waals surface area contributed by atoms with Gasteiger partial charge in [0.1, 0.15) is 6.04 Å². The van der Waals surface area contributed by atoms with Gasteiger partial charge in [-0.25, -0.2) is 4.79 Å². The maximum absolute atomic E-state index is 11.9. The molecule has 17 heavy (non-hydrogen) atoms. The number of amides is 1. The number of carbonyl (C=O) groups is 2. The van der Waals surface area contributed by atoms with E-state index < -0.39 is 6.04 Å². The molecule has 0 aromatic heterocycles. The molecule has 98 valence electrons. The van der Waals surface area contributed by atoms with Crippen LogP contribution in [-0.4, -0.2) is 38.2 Å². The maximum atomic E-state index is 11.9. The summed E-state index contributed by atoms with van der Waals surface area (Å²) in [5.74, 6) is -0.307. The molecule has 1 fully saturated rings. The van der Waals surface area contributed by atoms with Crippen molar-refractivity contribution < 1.29 is 19.1 Å². The zero-order valence-electron chi connectivity index (χ0n) is 10.7. The fourth-order valence-corrected chi connectivity index (χ4v) is 1.86. The van der Waals surface area contributed by atoms with Gasteiger partial charge in [-0.3, -0.25) is 4.79 Å². The number of hydrogen-bond donors (Lipinski definition) is 1. The molecule has 0 aliphatic carbocycles. The summed E-state index contributed by atoms with van der Waals surface area (Å²) in [4.78, 5) is 23.4. The van der Waals surface area contributed by atoms with Crippen molar-refractivity contribution in [2.45, 2.75) is 32.7 Å². The summed E-state index contributed by atoms with van der Waals surface area (Å²) in [6.07, 6.45) is 1.31. The van der Waals surface area contributed by atoms with E-state index in [1.807, 2.05) is 13.8 Å². The van der Waals surface area contributed by atoms with Crippen LogP contribution in [0.1, 0.15) is 26.7 Å². The molecule has 0 radical (unpaired) electrons. The van der Waals surface area contributed by atoms with Crippen LogP contribution in [0.15, 0.2) is 0 Å². The van der Waals surface area contributed by atoms with Crippen molar-refractivity contribution >= 4 is 11.9 Å². The molecule has 2 atom stereocenters. The van der Waals surface area contributed by atoms with Gasteiger partial charge in [0.15, 0.2) is 0 Å². The molecule has 1 saturated heterocycles. The van der Waals surface area contributed by atoms with E-state index >= 15 is 0 Å². The van der Waals surface area contributed by atoms with Crippen molar-refractivity contribution in [3.05, 3.63) is 0 Å². The summed E-state index contributed by atoms with van der Waals surface area (Å²) in [5, 5.41) is 2.75. The number of carbonyl (C=O) groups excluding carboxylic acids is 2. The third-order valence-electron chi connectivity index (χ3n) is 2.81. The smallest absolute Gasteiger partial charge is 0.328 e. The van der Waals surface area contributed by atoms with Crippen LogP contribution in [0.25, 0.3) is 0 Å². The Morgan fingerprint density at radius 2 is 2.18 bits per heavy atom. The molecule has 0 aromatic rings. The van der Waals surface area contributed by atoms with Crippen molar-refractivity contribution in [1.29, 1.82) is 0 Å². The Morgan fingerprint density at radius 1 is 1.47 bits per heavy atom. The molecule has 1 aliphatic rings. The molecule has 0 saturated carbocycles. The van der Waals surface area contributed by atoms with Crippen LogP contribution >= 0.6 is 0 Å². The van der Waals surface area contributed by atoms with E-state index in [1.54, 1.807) is 0 Å². The minimum absolute atomic E-state index is 0.112. The molecule has 5 nitrogen and oxygen atoms in total. The van der Waals surface area contributed by atoms with Crippen molar-refractivity contribution in [2.75, 3.05) is 20.3 Å². The van der Waals surface area contributed by atoms with Crippen LogP contribution in [0.4, 0.5) is 0 Å². The van der Waals surface area contributed by atoms with Crippen LogP contribution in [0, 0.1) is 11.8 Å². The standard InChI is InChI=1S/C12H21NO4/c1-8(2)6-10(12(15)16-3)13-11(14)9-4-5-17-7-9/h8-10H,4-7H2,1-3H3,(H,13,14)/t9-,10+/m1/s1. The molecule has 1 heterocycles. The van der Waals surface area contributed by atoms with Gasteiger partial charge in [0.05, 0.1) is 19.6 Å². The average Bonchev–Trinajstić information content (AvgIpc) is 2.79. The summed E-state index contributed by atoms with van der Waals surface area (Å²) < 4.78 is 9.84. The first-order valence-corrected chi connectivity index (χ1v) is 6.00. The number of esters is 1. The van der Waals surface area contributed by atoms with E-state index in [4.69, 9.17) is 9.47 Å². The number of rotatable bonds is 5. The van der Waals surface area contributed by atoms with Gasteiger partial charge in [0.2, 0.25) is 5.91 Å². The lowest BCUT2D eigenvalue weighted by Gasteiger charge is -2.19. The SMILES string of the molecule is COC(=O)[C@H](CC(C)C)NC(=O)[C@@H]1CCOC1. The Bertz CT molecular complexity index is 272. The maximum Gasteiger partial charge on any atom is 0.328 e. The normalized spacial score (nSPS) is 21.3. The average molecular weight is 243 g/mol. The minimum Gasteiger partial charge on any atom is -0.467 e. The number of nitrogens with one attached hydrogen (secondary N) is 1. The largest absolute Gasteiger partial charge is 0.467 e. The van der Waals surface area contributed by atoms with E-state index in [-0.39, 0.29) is 17.8 Å². The van der Waals surface area contributed by atoms with E-state index in [0.29, 0.717) is 25.6 Å². The lowest BCUT2D eigenvalue weighted by atomic mass is 10.0. The predicted octanol–water partition coefficient (Wildman–Crippen LogP) is 0.727. The third kappa shape index (κ3) is 4.34. The first kappa shape index (κ1) is 14.0. The van der Waals surface area contributed by atoms with E-state index in [1.165, 1.54) is 7.11 Å². The van der Waals surface area contributed by atoms with E-state index in [9.17, 15) is 9.59 Å². The topological polar surface area (TPSA) is 64.6 Å². The fraction of sp³-hybridized carbons (Fsp3) is 0.833. The summed E-state index contributed by atoms with van der Waals surface area (Å²) in [5.41, 5.74) is 0. The lowest BCUT2D eigenvalue weighted by molar-refractivity contribution is -0.146. The Kier molecular flexibility index (Phi) is 5.41. The minimum atomic E-state index is -0.548. The van der Waals surface area contributed by atoms with Gasteiger partial charge in [-0.05, 0) is 18.8 Å². The van der Waals surface area contributed by atoms with Gasteiger partial charge < -0.3 is 14.8 Å². The van der Waals surface area contributed by atoms with Gasteiger partial charge in [-0.1, -0.05) is 13.8 Å². The number of hydrogen-bond acceptors (Lipinski definition) is 4. The highest BCUT2D eigenvalue weighted by molar-refractivity contribution is 5.85. The molecule has 1 aliphatic heterocycles. The summed E-state index contributed by atoms with van der Waals surface area (Å²) in [7, 11) is 1.33. The summed E-state index contributed by atoms with van der Waals surface area (Å²) in [6.45, 7) is 5.06. The van der Waals surface area contributed by atoms with Gasteiger partial charge >= 0.3 is 5.97 Å². The molecule has 0 bridgehead atoms. The summed E-state index contributed by atoms with van der Waals surface area (Å²) >= 11 is 0. The molecule has 1 amide bonds. The second-order valence-electron chi connectivity index (χ2n) is 4.77. The first-order chi connectivity index (χ1) is 8.04. The second kappa shape index (κ2) is 6.59. The van der Waals surface area contributed by atoms with E-state index in [0.717, 1.165) is 6.42 Å². The van der Waals surface area contributed by atoms with Crippen molar-refractivity contribution in [3.63, 3.8) is 0 Å². The molecule has 1 N–H and O–H groups in total. The van der Waals surface area contributed by atoms with Crippen LogP contribution in [-0.2, 0) is 19.1 Å². The van der Waals surface area contributed by atoms with Crippen molar-refractivity contribution in [2.24, 2.45) is 11.8 Å². The van der Waals surface area contributed by atoms with Crippen LogP contribution in [0.2, 0.25) is 0 Å². The lowest BCUT2D eigenvalue weighted by Crippen LogP contribution is -2.45. The quantitative estimate of drug-likeness (QED) is 0.723. The highest BCUT2D eigenvalue weighted by atomic mass is 16.5. The van der Waals surface area contributed by atoms with Crippen LogP contribution < -0.4 is 5.32 Å². The monoisotopic (exact) mass is 243 g/mol. The number of methoxy groups -OCH3 is 1. The Hall–Kier alpha value is -1.10. The molecule has 0 unspecified atom stereocenters. The van der Waals surface area contributed by atoms with Crippen LogP contribution in [0.5, 0.6) is 0 Å². The van der Waals surface area contributed by atoms with E-state index in [2.05, 4.69) is 5.32 Å². The molecular formula is C12H21NO4. The zero-order valence-corrected chi connectivity index (χ0v) is 10.7. The van der Waals surface area contributed by atoms with Gasteiger partial charge in [-0.15, -0.1) is 0 Å². The van der Waals surface area contributed by atoms with Gasteiger partial charge in [0, 0.05) is 6.61 Å². The molecule has 5 heteroatoms. The third-order valence-corrected chi connectivity index (χ3v) is 2.81. The Labute approximate surface area is 102 Å². The predicted molar refractivity (Wildman–Crippen MR) is 62.3 cm³/mol. The van der Waals surface area contributed by atoms with Crippen molar-refractivity contribution in [1.82, 2.24) is 5.32 Å². The summed E-state index contributed by atoms with van der Waals surface area (Å²) in [6, 6.07) is -0.548. The Morgan fingerprint density at radius 3 is 2.65 bits per heavy atom. The first-order valence-electron chi connectivity index (χ1n) is 6.00. The Balaban J connectivity index is 2.52. The number of ether oxygens (including phenoxy) is 2. The molecular weight excluding hydrogens is 222 g/mol. The molecule has 0 spiro atoms. The van der Waals surface area contributed by atoms with Gasteiger partial charge in [-0.2, -0.15) is 0 Å². The molecule has 0 aromatic carbocycles. The fourth-order valence-electron chi connectivity index (χ4n) is 1.86. The second-order valence-corrected chi connectivity index (χ2v) is 4.77. The van der Waals surface area contributed by atoms with Crippen LogP contribution in [0.3, 0.4) is 0 Å². The highest BCUT2D eigenvalue weighted by Crippen LogP contribution is 2.14.